The van der Waals surface area contributed by atoms with E-state index >= 15 is 0 Å². The molecule has 1 atom stereocenters. The second-order valence-electron chi connectivity index (χ2n) is 3.42. The van der Waals surface area contributed by atoms with Gasteiger partial charge in [-0.1, -0.05) is 6.92 Å². The summed E-state index contributed by atoms with van der Waals surface area (Å²) in [7, 11) is 2.00. The minimum absolute atomic E-state index is 0.301. The van der Waals surface area contributed by atoms with Crippen molar-refractivity contribution < 1.29 is 0 Å². The van der Waals surface area contributed by atoms with Crippen molar-refractivity contribution in [1.29, 1.82) is 0 Å². The van der Waals surface area contributed by atoms with Crippen LogP contribution in [0.4, 0.5) is 5.82 Å². The maximum absolute atomic E-state index is 5.60. The highest BCUT2D eigenvalue weighted by molar-refractivity contribution is 5.38. The van der Waals surface area contributed by atoms with Crippen LogP contribution in [0.5, 0.6) is 0 Å². The molecule has 0 amide bonds. The zero-order chi connectivity index (χ0) is 10.6. The number of hydrogen-bond donors (Lipinski definition) is 1. The molecule has 0 aliphatic heterocycles. The lowest BCUT2D eigenvalue weighted by Crippen LogP contribution is -2.35. The van der Waals surface area contributed by atoms with Crippen molar-refractivity contribution in [2.45, 2.75) is 26.3 Å². The Morgan fingerprint density at radius 2 is 2.21 bits per heavy atom. The van der Waals surface area contributed by atoms with E-state index in [1.54, 1.807) is 6.33 Å². The van der Waals surface area contributed by atoms with Crippen LogP contribution in [0.25, 0.3) is 0 Å². The summed E-state index contributed by atoms with van der Waals surface area (Å²) in [5.41, 5.74) is 6.66. The van der Waals surface area contributed by atoms with Gasteiger partial charge in [-0.25, -0.2) is 9.97 Å². The average Bonchev–Trinajstić information content (AvgIpc) is 2.27. The van der Waals surface area contributed by atoms with Gasteiger partial charge in [0.25, 0.3) is 0 Å². The first-order chi connectivity index (χ1) is 6.69. The van der Waals surface area contributed by atoms with Gasteiger partial charge >= 0.3 is 0 Å². The zero-order valence-electron chi connectivity index (χ0n) is 9.07. The van der Waals surface area contributed by atoms with E-state index in [0.29, 0.717) is 12.6 Å². The van der Waals surface area contributed by atoms with Gasteiger partial charge in [0.15, 0.2) is 0 Å². The first kappa shape index (κ1) is 10.9. The Kier molecular flexibility index (Phi) is 3.83. The van der Waals surface area contributed by atoms with Gasteiger partial charge in [-0.2, -0.15) is 0 Å². The lowest BCUT2D eigenvalue weighted by Gasteiger charge is -2.24. The summed E-state index contributed by atoms with van der Waals surface area (Å²) >= 11 is 0. The van der Waals surface area contributed by atoms with E-state index in [1.165, 1.54) is 0 Å². The molecule has 2 N–H and O–H groups in total. The lowest BCUT2D eigenvalue weighted by atomic mass is 10.2. The van der Waals surface area contributed by atoms with Gasteiger partial charge in [-0.15, -0.1) is 0 Å². The van der Waals surface area contributed by atoms with Crippen LogP contribution >= 0.6 is 0 Å². The third-order valence-corrected chi connectivity index (χ3v) is 2.44. The Labute approximate surface area is 85.2 Å². The third-order valence-electron chi connectivity index (χ3n) is 2.44. The molecule has 78 valence electrons. The van der Waals surface area contributed by atoms with Crippen LogP contribution in [0, 0.1) is 0 Å². The Hall–Kier alpha value is -1.16. The summed E-state index contributed by atoms with van der Waals surface area (Å²) in [6.07, 6.45) is 2.54. The van der Waals surface area contributed by atoms with Gasteiger partial charge in [0.05, 0.1) is 0 Å². The van der Waals surface area contributed by atoms with Crippen molar-refractivity contribution in [3.05, 3.63) is 18.1 Å². The molecule has 14 heavy (non-hydrogen) atoms. The van der Waals surface area contributed by atoms with Gasteiger partial charge in [0, 0.05) is 31.4 Å². The molecule has 4 heteroatoms. The number of aryl methyl sites for hydroxylation is 1. The molecule has 1 aromatic rings. The van der Waals surface area contributed by atoms with Crippen molar-refractivity contribution in [3.8, 4) is 0 Å². The molecule has 1 heterocycles. The smallest absolute Gasteiger partial charge is 0.132 e. The second-order valence-corrected chi connectivity index (χ2v) is 3.42. The SMILES string of the molecule is CCc1cc(N(C)C(C)CN)ncn1. The molecule has 0 aliphatic carbocycles. The van der Waals surface area contributed by atoms with E-state index in [-0.39, 0.29) is 0 Å². The second kappa shape index (κ2) is 4.91. The number of nitrogens with zero attached hydrogens (tertiary/aromatic N) is 3. The van der Waals surface area contributed by atoms with Gasteiger partial charge < -0.3 is 10.6 Å². The van der Waals surface area contributed by atoms with Crippen LogP contribution < -0.4 is 10.6 Å². The van der Waals surface area contributed by atoms with E-state index in [4.69, 9.17) is 5.73 Å². The fourth-order valence-electron chi connectivity index (χ4n) is 1.16. The summed E-state index contributed by atoms with van der Waals surface area (Å²) in [5.74, 6) is 0.940. The summed E-state index contributed by atoms with van der Waals surface area (Å²) in [6.45, 7) is 4.79. The summed E-state index contributed by atoms with van der Waals surface area (Å²) in [5, 5.41) is 0. The number of rotatable bonds is 4. The van der Waals surface area contributed by atoms with Crippen molar-refractivity contribution >= 4 is 5.82 Å². The molecular formula is C10H18N4. The Morgan fingerprint density at radius 1 is 1.50 bits per heavy atom. The molecule has 1 aromatic heterocycles. The molecule has 0 bridgehead atoms. The van der Waals surface area contributed by atoms with Crippen molar-refractivity contribution in [1.82, 2.24) is 9.97 Å². The van der Waals surface area contributed by atoms with E-state index < -0.39 is 0 Å². The summed E-state index contributed by atoms with van der Waals surface area (Å²) in [4.78, 5) is 10.4. The molecule has 4 nitrogen and oxygen atoms in total. The molecule has 0 aromatic carbocycles. The van der Waals surface area contributed by atoms with Gasteiger partial charge in [0.2, 0.25) is 0 Å². The molecule has 0 saturated carbocycles. The van der Waals surface area contributed by atoms with Crippen molar-refractivity contribution in [3.63, 3.8) is 0 Å². The highest BCUT2D eigenvalue weighted by Crippen LogP contribution is 2.11. The van der Waals surface area contributed by atoms with Crippen molar-refractivity contribution in [2.75, 3.05) is 18.5 Å². The average molecular weight is 194 g/mol. The predicted molar refractivity (Wildman–Crippen MR) is 58.3 cm³/mol. The molecule has 0 aliphatic rings. The zero-order valence-corrected chi connectivity index (χ0v) is 9.07. The number of anilines is 1. The maximum Gasteiger partial charge on any atom is 0.132 e. The lowest BCUT2D eigenvalue weighted by molar-refractivity contribution is 0.685. The van der Waals surface area contributed by atoms with Gasteiger partial charge in [-0.05, 0) is 13.3 Å². The Balaban J connectivity index is 2.83. The first-order valence-electron chi connectivity index (χ1n) is 4.92. The van der Waals surface area contributed by atoms with Gasteiger partial charge in [0.1, 0.15) is 12.1 Å². The molecule has 0 saturated heterocycles. The molecular weight excluding hydrogens is 176 g/mol. The van der Waals surface area contributed by atoms with Crippen LogP contribution in [0.3, 0.4) is 0 Å². The summed E-state index contributed by atoms with van der Waals surface area (Å²) in [6, 6.07) is 2.31. The number of aromatic nitrogens is 2. The molecule has 0 spiro atoms. The maximum atomic E-state index is 5.60. The fourth-order valence-corrected chi connectivity index (χ4v) is 1.16. The van der Waals surface area contributed by atoms with E-state index in [0.717, 1.165) is 17.9 Å². The predicted octanol–water partition coefficient (Wildman–Crippen LogP) is 0.822. The number of likely N-dealkylation sites (N-methyl/N-ethyl adjacent to an activating group) is 1. The van der Waals surface area contributed by atoms with Crippen LogP contribution in [0.15, 0.2) is 12.4 Å². The molecule has 0 fully saturated rings. The molecule has 1 unspecified atom stereocenters. The highest BCUT2D eigenvalue weighted by atomic mass is 15.2. The number of hydrogen-bond acceptors (Lipinski definition) is 4. The van der Waals surface area contributed by atoms with Gasteiger partial charge in [-0.3, -0.25) is 0 Å². The standard InChI is InChI=1S/C10H18N4/c1-4-9-5-10(13-7-12-9)14(3)8(2)6-11/h5,7-8H,4,6,11H2,1-3H3. The first-order valence-corrected chi connectivity index (χ1v) is 4.92. The molecule has 0 radical (unpaired) electrons. The van der Waals surface area contributed by atoms with Crippen LogP contribution in [0.1, 0.15) is 19.5 Å². The highest BCUT2D eigenvalue weighted by Gasteiger charge is 2.09. The summed E-state index contributed by atoms with van der Waals surface area (Å²) < 4.78 is 0. The monoisotopic (exact) mass is 194 g/mol. The van der Waals surface area contributed by atoms with E-state index in [2.05, 4.69) is 28.7 Å². The number of nitrogens with two attached hydrogens (primary N) is 1. The minimum atomic E-state index is 0.301. The Bertz CT molecular complexity index is 287. The Morgan fingerprint density at radius 3 is 2.79 bits per heavy atom. The van der Waals surface area contributed by atoms with Crippen LogP contribution in [0.2, 0.25) is 0 Å². The quantitative estimate of drug-likeness (QED) is 0.771. The molecule has 1 rings (SSSR count). The van der Waals surface area contributed by atoms with E-state index in [9.17, 15) is 0 Å². The topological polar surface area (TPSA) is 55.0 Å². The third kappa shape index (κ3) is 2.42. The van der Waals surface area contributed by atoms with E-state index in [1.807, 2.05) is 13.1 Å². The van der Waals surface area contributed by atoms with Crippen molar-refractivity contribution in [2.24, 2.45) is 5.73 Å². The fraction of sp³-hybridized carbons (Fsp3) is 0.600. The van der Waals surface area contributed by atoms with Crippen LogP contribution in [-0.4, -0.2) is 29.6 Å². The minimum Gasteiger partial charge on any atom is -0.356 e. The largest absolute Gasteiger partial charge is 0.356 e. The van der Waals surface area contributed by atoms with Crippen LogP contribution in [-0.2, 0) is 6.42 Å². The normalized spacial score (nSPS) is 12.6.